The Balaban J connectivity index is 2.50. The molecule has 5 heteroatoms. The van der Waals surface area contributed by atoms with Gasteiger partial charge in [0.2, 0.25) is 10.0 Å². The summed E-state index contributed by atoms with van der Waals surface area (Å²) >= 11 is 0. The standard InChI is InChI=1S/C16H26N2O2S/c1-5-13(6-2)18(4)21(19,20)15-10-9-12(3)16-14(15)8-7-11-17-16/h9-10,13,17H,5-8,11H2,1-4H3. The molecule has 1 aliphatic heterocycles. The van der Waals surface area contributed by atoms with Gasteiger partial charge in [0, 0.05) is 25.3 Å². The largest absolute Gasteiger partial charge is 0.385 e. The van der Waals surface area contributed by atoms with Gasteiger partial charge in [0.1, 0.15) is 0 Å². The summed E-state index contributed by atoms with van der Waals surface area (Å²) in [4.78, 5) is 0.477. The molecular weight excluding hydrogens is 284 g/mol. The van der Waals surface area contributed by atoms with Crippen LogP contribution in [0.1, 0.15) is 44.2 Å². The van der Waals surface area contributed by atoms with Crippen LogP contribution in [0.5, 0.6) is 0 Å². The van der Waals surface area contributed by atoms with Crippen molar-refractivity contribution >= 4 is 15.7 Å². The normalized spacial score (nSPS) is 15.1. The van der Waals surface area contributed by atoms with E-state index in [1.165, 1.54) is 0 Å². The van der Waals surface area contributed by atoms with Crippen molar-refractivity contribution in [1.29, 1.82) is 0 Å². The Morgan fingerprint density at radius 2 is 1.95 bits per heavy atom. The number of hydrogen-bond donors (Lipinski definition) is 1. The molecule has 0 spiro atoms. The zero-order valence-electron chi connectivity index (χ0n) is 13.4. The summed E-state index contributed by atoms with van der Waals surface area (Å²) < 4.78 is 27.5. The highest BCUT2D eigenvalue weighted by molar-refractivity contribution is 7.89. The predicted molar refractivity (Wildman–Crippen MR) is 87.3 cm³/mol. The van der Waals surface area contributed by atoms with Gasteiger partial charge in [-0.1, -0.05) is 19.9 Å². The topological polar surface area (TPSA) is 49.4 Å². The minimum Gasteiger partial charge on any atom is -0.385 e. The van der Waals surface area contributed by atoms with Crippen LogP contribution >= 0.6 is 0 Å². The lowest BCUT2D eigenvalue weighted by atomic mass is 10.00. The van der Waals surface area contributed by atoms with Crippen LogP contribution in [0, 0.1) is 6.92 Å². The first kappa shape index (κ1) is 16.3. The molecule has 0 unspecified atom stereocenters. The molecule has 0 bridgehead atoms. The minimum atomic E-state index is -3.43. The van der Waals surface area contributed by atoms with Gasteiger partial charge in [-0.25, -0.2) is 8.42 Å². The third-order valence-corrected chi connectivity index (χ3v) is 6.49. The second-order valence-electron chi connectivity index (χ2n) is 5.76. The first-order valence-corrected chi connectivity index (χ1v) is 9.21. The van der Waals surface area contributed by atoms with Crippen molar-refractivity contribution in [2.45, 2.75) is 57.4 Å². The number of nitrogens with zero attached hydrogens (tertiary/aromatic N) is 1. The molecule has 1 N–H and O–H groups in total. The van der Waals surface area contributed by atoms with Crippen molar-refractivity contribution in [1.82, 2.24) is 4.31 Å². The summed E-state index contributed by atoms with van der Waals surface area (Å²) in [7, 11) is -1.72. The number of fused-ring (bicyclic) bond motifs is 1. The zero-order chi connectivity index (χ0) is 15.6. The maximum atomic E-state index is 13.0. The fraction of sp³-hybridized carbons (Fsp3) is 0.625. The molecule has 1 aromatic rings. The second-order valence-corrected chi connectivity index (χ2v) is 7.72. The summed E-state index contributed by atoms with van der Waals surface area (Å²) in [6.45, 7) is 7.01. The molecule has 0 fully saturated rings. The van der Waals surface area contributed by atoms with E-state index in [2.05, 4.69) is 5.32 Å². The molecule has 1 aromatic carbocycles. The van der Waals surface area contributed by atoms with Crippen LogP contribution in [0.2, 0.25) is 0 Å². The lowest BCUT2D eigenvalue weighted by molar-refractivity contribution is 0.349. The molecule has 4 nitrogen and oxygen atoms in total. The van der Waals surface area contributed by atoms with Crippen molar-refractivity contribution in [3.63, 3.8) is 0 Å². The van der Waals surface area contributed by atoms with Crippen molar-refractivity contribution in [2.24, 2.45) is 0 Å². The van der Waals surface area contributed by atoms with Crippen molar-refractivity contribution in [2.75, 3.05) is 18.9 Å². The average molecular weight is 310 g/mol. The van der Waals surface area contributed by atoms with E-state index in [0.717, 1.165) is 49.0 Å². The Kier molecular flexibility index (Phi) is 4.94. The van der Waals surface area contributed by atoms with Gasteiger partial charge in [0.25, 0.3) is 0 Å². The molecule has 1 heterocycles. The van der Waals surface area contributed by atoms with Gasteiger partial charge in [-0.15, -0.1) is 0 Å². The van der Waals surface area contributed by atoms with Gasteiger partial charge in [0.05, 0.1) is 4.90 Å². The molecule has 0 aromatic heterocycles. The van der Waals surface area contributed by atoms with Gasteiger partial charge in [0.15, 0.2) is 0 Å². The Hall–Kier alpha value is -1.07. The maximum Gasteiger partial charge on any atom is 0.243 e. The molecule has 21 heavy (non-hydrogen) atoms. The predicted octanol–water partition coefficient (Wildman–Crippen LogP) is 3.16. The molecule has 0 amide bonds. The van der Waals surface area contributed by atoms with Crippen LogP contribution in [-0.4, -0.2) is 32.4 Å². The number of nitrogens with one attached hydrogen (secondary N) is 1. The van der Waals surface area contributed by atoms with Gasteiger partial charge >= 0.3 is 0 Å². The van der Waals surface area contributed by atoms with Crippen LogP contribution in [0.15, 0.2) is 17.0 Å². The van der Waals surface area contributed by atoms with Crippen molar-refractivity contribution < 1.29 is 8.42 Å². The Labute approximate surface area is 128 Å². The van der Waals surface area contributed by atoms with Gasteiger partial charge < -0.3 is 5.32 Å². The lowest BCUT2D eigenvalue weighted by Gasteiger charge is -2.29. The van der Waals surface area contributed by atoms with E-state index in [1.54, 1.807) is 17.4 Å². The quantitative estimate of drug-likeness (QED) is 0.909. The van der Waals surface area contributed by atoms with Crippen molar-refractivity contribution in [3.05, 3.63) is 23.3 Å². The van der Waals surface area contributed by atoms with Gasteiger partial charge in [-0.2, -0.15) is 4.31 Å². The highest BCUT2D eigenvalue weighted by atomic mass is 32.2. The Morgan fingerprint density at radius 3 is 2.57 bits per heavy atom. The van der Waals surface area contributed by atoms with Gasteiger partial charge in [-0.3, -0.25) is 0 Å². The number of benzene rings is 1. The smallest absolute Gasteiger partial charge is 0.243 e. The highest BCUT2D eigenvalue weighted by Gasteiger charge is 2.30. The lowest BCUT2D eigenvalue weighted by Crippen LogP contribution is -2.37. The second kappa shape index (κ2) is 6.36. The third-order valence-electron chi connectivity index (χ3n) is 4.50. The molecule has 0 atom stereocenters. The Morgan fingerprint density at radius 1 is 1.29 bits per heavy atom. The van der Waals surface area contributed by atoms with E-state index in [1.807, 2.05) is 26.8 Å². The van der Waals surface area contributed by atoms with E-state index in [4.69, 9.17) is 0 Å². The van der Waals surface area contributed by atoms with E-state index in [0.29, 0.717) is 4.90 Å². The minimum absolute atomic E-state index is 0.0588. The monoisotopic (exact) mass is 310 g/mol. The molecule has 0 saturated carbocycles. The molecule has 0 aliphatic carbocycles. The number of aryl methyl sites for hydroxylation is 1. The molecule has 0 radical (unpaired) electrons. The maximum absolute atomic E-state index is 13.0. The van der Waals surface area contributed by atoms with Crippen LogP contribution < -0.4 is 5.32 Å². The highest BCUT2D eigenvalue weighted by Crippen LogP contribution is 2.33. The summed E-state index contributed by atoms with van der Waals surface area (Å²) in [5, 5.41) is 3.36. The number of anilines is 1. The third kappa shape index (κ3) is 2.94. The number of hydrogen-bond acceptors (Lipinski definition) is 3. The van der Waals surface area contributed by atoms with Crippen LogP contribution in [0.4, 0.5) is 5.69 Å². The molecule has 118 valence electrons. The molecule has 0 saturated heterocycles. The number of rotatable bonds is 5. The van der Waals surface area contributed by atoms with Crippen LogP contribution in [0.3, 0.4) is 0 Å². The summed E-state index contributed by atoms with van der Waals surface area (Å²) in [6, 6.07) is 3.74. The molecule has 2 rings (SSSR count). The van der Waals surface area contributed by atoms with E-state index in [9.17, 15) is 8.42 Å². The van der Waals surface area contributed by atoms with E-state index < -0.39 is 10.0 Å². The first-order chi connectivity index (χ1) is 9.93. The molecule has 1 aliphatic rings. The number of sulfonamides is 1. The van der Waals surface area contributed by atoms with Crippen molar-refractivity contribution in [3.8, 4) is 0 Å². The van der Waals surface area contributed by atoms with Crippen LogP contribution in [0.25, 0.3) is 0 Å². The SMILES string of the molecule is CCC(CC)N(C)S(=O)(=O)c1ccc(C)c2c1CCCN2. The van der Waals surface area contributed by atoms with Gasteiger partial charge in [-0.05, 0) is 49.8 Å². The fourth-order valence-corrected chi connectivity index (χ4v) is 4.87. The zero-order valence-corrected chi connectivity index (χ0v) is 14.3. The van der Waals surface area contributed by atoms with Crippen LogP contribution in [-0.2, 0) is 16.4 Å². The average Bonchev–Trinajstić information content (AvgIpc) is 2.48. The summed E-state index contributed by atoms with van der Waals surface area (Å²) in [5.41, 5.74) is 3.09. The van der Waals surface area contributed by atoms with E-state index in [-0.39, 0.29) is 6.04 Å². The fourth-order valence-electron chi connectivity index (χ4n) is 3.11. The summed E-state index contributed by atoms with van der Waals surface area (Å²) in [6.07, 6.45) is 3.47. The van der Waals surface area contributed by atoms with E-state index >= 15 is 0 Å². The molecular formula is C16H26N2O2S. The summed E-state index contributed by atoms with van der Waals surface area (Å²) in [5.74, 6) is 0. The first-order valence-electron chi connectivity index (χ1n) is 7.77. The Bertz CT molecular complexity index is 607.